The molecule has 0 spiro atoms. The number of aliphatic hydroxyl groups excluding tert-OH is 1. The molecule has 53 heavy (non-hydrogen) atoms. The van der Waals surface area contributed by atoms with Crippen LogP contribution in [0.1, 0.15) is 213 Å². The lowest BCUT2D eigenvalue weighted by atomic mass is 10.0. The van der Waals surface area contributed by atoms with Gasteiger partial charge in [-0.05, 0) is 38.5 Å². The van der Waals surface area contributed by atoms with E-state index in [9.17, 15) is 19.4 Å². The molecule has 1 amide bonds. The Morgan fingerprint density at radius 3 is 1.45 bits per heavy atom. The number of amides is 1. The number of hydrogen-bond acceptors (Lipinski definition) is 5. The van der Waals surface area contributed by atoms with Gasteiger partial charge in [-0.15, -0.1) is 0 Å². The summed E-state index contributed by atoms with van der Waals surface area (Å²) in [6.07, 6.45) is 40.8. The van der Waals surface area contributed by atoms with E-state index < -0.39 is 20.0 Å². The largest absolute Gasteiger partial charge is 0.472 e. The highest BCUT2D eigenvalue weighted by Crippen LogP contribution is 2.43. The zero-order chi connectivity index (χ0) is 39.3. The summed E-state index contributed by atoms with van der Waals surface area (Å²) in [7, 11) is 1.62. The second-order valence-electron chi connectivity index (χ2n) is 16.8. The summed E-state index contributed by atoms with van der Waals surface area (Å²) < 4.78 is 23.6. The van der Waals surface area contributed by atoms with Crippen LogP contribution in [0.2, 0.25) is 0 Å². The number of hydrogen-bond donors (Lipinski definition) is 3. The van der Waals surface area contributed by atoms with Gasteiger partial charge in [-0.2, -0.15) is 0 Å². The maximum absolute atomic E-state index is 12.9. The van der Waals surface area contributed by atoms with E-state index in [-0.39, 0.29) is 19.1 Å². The fraction of sp³-hybridized carbons (Fsp3) is 0.932. The molecule has 0 saturated heterocycles. The van der Waals surface area contributed by atoms with E-state index >= 15 is 0 Å². The molecule has 0 aromatic rings. The third kappa shape index (κ3) is 39.3. The Kier molecular flexibility index (Phi) is 36.3. The van der Waals surface area contributed by atoms with Gasteiger partial charge in [-0.3, -0.25) is 13.8 Å². The number of quaternary nitrogens is 1. The molecule has 316 valence electrons. The molecule has 0 fully saturated rings. The lowest BCUT2D eigenvalue weighted by Crippen LogP contribution is -2.46. The van der Waals surface area contributed by atoms with Gasteiger partial charge in [-0.1, -0.05) is 180 Å². The van der Waals surface area contributed by atoms with Gasteiger partial charge in [0.15, 0.2) is 0 Å². The summed E-state index contributed by atoms with van der Waals surface area (Å²) in [5.41, 5.74) is 0. The van der Waals surface area contributed by atoms with Gasteiger partial charge in [-0.25, -0.2) is 4.57 Å². The molecule has 3 atom stereocenters. The first-order valence-corrected chi connectivity index (χ1v) is 24.0. The van der Waals surface area contributed by atoms with Crippen molar-refractivity contribution in [2.45, 2.75) is 225 Å². The molecule has 8 nitrogen and oxygen atoms in total. The highest BCUT2D eigenvalue weighted by Gasteiger charge is 2.28. The number of aliphatic hydroxyl groups is 1. The van der Waals surface area contributed by atoms with Crippen LogP contribution in [0.4, 0.5) is 0 Å². The summed E-state index contributed by atoms with van der Waals surface area (Å²) in [5.74, 6) is -0.148. The number of unbranched alkanes of at least 4 members (excludes halogenated alkanes) is 26. The van der Waals surface area contributed by atoms with E-state index in [0.29, 0.717) is 23.9 Å². The molecule has 0 bridgehead atoms. The normalized spacial score (nSPS) is 14.5. The van der Waals surface area contributed by atoms with Crippen LogP contribution in [0.15, 0.2) is 12.2 Å². The van der Waals surface area contributed by atoms with E-state index in [1.807, 2.05) is 21.1 Å². The predicted octanol–water partition coefficient (Wildman–Crippen LogP) is 12.4. The minimum Gasteiger partial charge on any atom is -0.391 e. The molecule has 3 N–H and O–H groups in total. The van der Waals surface area contributed by atoms with Crippen LogP contribution in [0, 0.1) is 0 Å². The third-order valence-electron chi connectivity index (χ3n) is 10.3. The number of likely N-dealkylation sites (N-methyl/N-ethyl adjacent to an activating group) is 1. The topological polar surface area (TPSA) is 105 Å². The number of rotatable bonds is 41. The van der Waals surface area contributed by atoms with Crippen LogP contribution in [0.25, 0.3) is 0 Å². The Hall–Kier alpha value is -0.760. The van der Waals surface area contributed by atoms with Gasteiger partial charge < -0.3 is 19.8 Å². The summed E-state index contributed by atoms with van der Waals surface area (Å²) >= 11 is 0. The fourth-order valence-electron chi connectivity index (χ4n) is 6.63. The zero-order valence-corrected chi connectivity index (χ0v) is 36.7. The summed E-state index contributed by atoms with van der Waals surface area (Å²) in [6.45, 7) is 4.89. The number of phosphoric ester groups is 1. The number of allylic oxidation sites excluding steroid dienone is 2. The SMILES string of the molecule is CCCCCCCC/C=C\CCCCCCCCCC(=O)NC(COP(=O)(O)OCC[N+](C)(C)C)C(O)CCCCCCCCCCCCCCCC. The molecule has 0 aliphatic heterocycles. The average molecular weight is 774 g/mol. The van der Waals surface area contributed by atoms with Gasteiger partial charge in [0.25, 0.3) is 0 Å². The van der Waals surface area contributed by atoms with Crippen molar-refractivity contribution in [2.24, 2.45) is 0 Å². The Morgan fingerprint density at radius 2 is 1.02 bits per heavy atom. The average Bonchev–Trinajstić information content (AvgIpc) is 3.10. The van der Waals surface area contributed by atoms with Crippen LogP contribution in [0.5, 0.6) is 0 Å². The Balaban J connectivity index is 4.35. The van der Waals surface area contributed by atoms with E-state index in [1.165, 1.54) is 148 Å². The molecule has 0 aliphatic carbocycles. The molecule has 0 aromatic heterocycles. The summed E-state index contributed by atoms with van der Waals surface area (Å²) in [4.78, 5) is 23.1. The second kappa shape index (κ2) is 36.9. The minimum atomic E-state index is -4.31. The first-order chi connectivity index (χ1) is 25.5. The molecule has 0 aliphatic rings. The van der Waals surface area contributed by atoms with Crippen LogP contribution in [0.3, 0.4) is 0 Å². The van der Waals surface area contributed by atoms with Crippen LogP contribution in [-0.4, -0.2) is 73.4 Å². The van der Waals surface area contributed by atoms with Crippen molar-refractivity contribution < 1.29 is 32.9 Å². The molecule has 0 heterocycles. The molecule has 3 unspecified atom stereocenters. The molecule has 9 heteroatoms. The monoisotopic (exact) mass is 774 g/mol. The van der Waals surface area contributed by atoms with Gasteiger partial charge in [0.2, 0.25) is 5.91 Å². The van der Waals surface area contributed by atoms with Crippen molar-refractivity contribution in [3.63, 3.8) is 0 Å². The lowest BCUT2D eigenvalue weighted by molar-refractivity contribution is -0.870. The smallest absolute Gasteiger partial charge is 0.391 e. The quantitative estimate of drug-likeness (QED) is 0.0247. The number of carbonyl (C=O) groups is 1. The molecule has 0 rings (SSSR count). The van der Waals surface area contributed by atoms with Crippen molar-refractivity contribution in [3.8, 4) is 0 Å². The highest BCUT2D eigenvalue weighted by molar-refractivity contribution is 7.47. The van der Waals surface area contributed by atoms with Crippen molar-refractivity contribution in [3.05, 3.63) is 12.2 Å². The Morgan fingerprint density at radius 1 is 0.623 bits per heavy atom. The zero-order valence-electron chi connectivity index (χ0n) is 35.8. The van der Waals surface area contributed by atoms with Gasteiger partial charge in [0.05, 0.1) is 39.9 Å². The van der Waals surface area contributed by atoms with Crippen molar-refractivity contribution in [2.75, 3.05) is 40.9 Å². The number of nitrogens with one attached hydrogen (secondary N) is 1. The first kappa shape index (κ1) is 52.2. The third-order valence-corrected chi connectivity index (χ3v) is 11.2. The fourth-order valence-corrected chi connectivity index (χ4v) is 7.36. The Labute approximate surface area is 329 Å². The Bertz CT molecular complexity index is 880. The van der Waals surface area contributed by atoms with Crippen LogP contribution < -0.4 is 5.32 Å². The molecule has 0 saturated carbocycles. The maximum Gasteiger partial charge on any atom is 0.472 e. The predicted molar refractivity (Wildman–Crippen MR) is 226 cm³/mol. The maximum atomic E-state index is 12.9. The molecule has 0 radical (unpaired) electrons. The molecule has 0 aromatic carbocycles. The van der Waals surface area contributed by atoms with Crippen molar-refractivity contribution in [1.29, 1.82) is 0 Å². The van der Waals surface area contributed by atoms with Crippen molar-refractivity contribution >= 4 is 13.7 Å². The summed E-state index contributed by atoms with van der Waals surface area (Å²) in [6, 6.07) is -0.758. The van der Waals surface area contributed by atoms with E-state index in [2.05, 4.69) is 31.3 Å². The lowest BCUT2D eigenvalue weighted by Gasteiger charge is -2.26. The second-order valence-corrected chi connectivity index (χ2v) is 18.2. The van der Waals surface area contributed by atoms with Crippen LogP contribution >= 0.6 is 7.82 Å². The highest BCUT2D eigenvalue weighted by atomic mass is 31.2. The van der Waals surface area contributed by atoms with Crippen LogP contribution in [-0.2, 0) is 18.4 Å². The summed E-state index contributed by atoms with van der Waals surface area (Å²) in [5, 5.41) is 13.9. The number of nitrogens with zero attached hydrogens (tertiary/aromatic N) is 1. The molecular formula is C44H90N2O6P+. The first-order valence-electron chi connectivity index (χ1n) is 22.6. The van der Waals surface area contributed by atoms with E-state index in [1.54, 1.807) is 0 Å². The number of phosphoric acid groups is 1. The minimum absolute atomic E-state index is 0.0757. The van der Waals surface area contributed by atoms with Gasteiger partial charge in [0.1, 0.15) is 13.2 Å². The van der Waals surface area contributed by atoms with Gasteiger partial charge in [0, 0.05) is 6.42 Å². The standard InChI is InChI=1S/C44H89N2O6P/c1-6-8-10-12-14-16-18-20-22-23-24-26-28-30-32-34-36-38-44(48)45-42(41-52-53(49,50)51-40-39-46(3,4)5)43(47)37-35-33-31-29-27-25-21-19-17-15-13-11-9-7-2/h20,22,42-43,47H,6-19,21,23-41H2,1-5H3,(H-,45,48,49,50)/p+1/b22-20-. The van der Waals surface area contributed by atoms with E-state index in [4.69, 9.17) is 9.05 Å². The number of carbonyl (C=O) groups excluding carboxylic acids is 1. The molecular weight excluding hydrogens is 683 g/mol. The van der Waals surface area contributed by atoms with Gasteiger partial charge >= 0.3 is 7.82 Å². The van der Waals surface area contributed by atoms with E-state index in [0.717, 1.165) is 38.5 Å². The van der Waals surface area contributed by atoms with Crippen molar-refractivity contribution in [1.82, 2.24) is 5.32 Å².